The second-order valence-electron chi connectivity index (χ2n) is 3.96. The van der Waals surface area contributed by atoms with E-state index >= 15 is 0 Å². The Bertz CT molecular complexity index is 519. The van der Waals surface area contributed by atoms with Crippen LogP contribution in [0.15, 0.2) is 24.5 Å². The average Bonchev–Trinajstić information content (AvgIpc) is 2.80. The molecule has 0 atom stereocenters. The third-order valence-electron chi connectivity index (χ3n) is 2.42. The summed E-state index contributed by atoms with van der Waals surface area (Å²) in [6, 6.07) is 4.24. The zero-order chi connectivity index (χ0) is 13.0. The number of nitrogens with zero attached hydrogens (tertiary/aromatic N) is 2. The Morgan fingerprint density at radius 3 is 2.94 bits per heavy atom. The van der Waals surface area contributed by atoms with E-state index in [4.69, 9.17) is 0 Å². The van der Waals surface area contributed by atoms with E-state index in [9.17, 15) is 9.18 Å². The maximum absolute atomic E-state index is 13.1. The van der Waals surface area contributed by atoms with Crippen molar-refractivity contribution in [1.29, 1.82) is 0 Å². The maximum Gasteiger partial charge on any atom is 0.251 e. The van der Waals surface area contributed by atoms with Crippen molar-refractivity contribution in [2.24, 2.45) is 0 Å². The number of rotatable bonds is 4. The van der Waals surface area contributed by atoms with Gasteiger partial charge in [0.15, 0.2) is 0 Å². The van der Waals surface area contributed by atoms with Gasteiger partial charge in [0.05, 0.1) is 0 Å². The van der Waals surface area contributed by atoms with Gasteiger partial charge in [0, 0.05) is 18.5 Å². The van der Waals surface area contributed by atoms with Gasteiger partial charge in [0.2, 0.25) is 0 Å². The molecule has 0 spiro atoms. The molecular formula is C12H13FN4O. The standard InChI is InChI=1S/C12H13FN4O/c1-8-4-9(6-10(13)5-8)12(18)14-3-2-11-15-7-16-17-11/h4-7H,2-3H2,1H3,(H,14,18)(H,15,16,17). The van der Waals surface area contributed by atoms with Gasteiger partial charge in [-0.2, -0.15) is 5.10 Å². The Labute approximate surface area is 103 Å². The normalized spacial score (nSPS) is 10.3. The maximum atomic E-state index is 13.1. The summed E-state index contributed by atoms with van der Waals surface area (Å²) in [5.41, 5.74) is 1.04. The number of aromatic nitrogens is 3. The van der Waals surface area contributed by atoms with Crippen molar-refractivity contribution >= 4 is 5.91 Å². The Morgan fingerprint density at radius 2 is 2.28 bits per heavy atom. The molecule has 2 N–H and O–H groups in total. The van der Waals surface area contributed by atoms with Gasteiger partial charge < -0.3 is 5.32 Å². The lowest BCUT2D eigenvalue weighted by Crippen LogP contribution is -2.26. The highest BCUT2D eigenvalue weighted by Gasteiger charge is 2.07. The number of hydrogen-bond acceptors (Lipinski definition) is 3. The quantitative estimate of drug-likeness (QED) is 0.854. The number of carbonyl (C=O) groups excluding carboxylic acids is 1. The SMILES string of the molecule is Cc1cc(F)cc(C(=O)NCCc2ncn[nH]2)c1. The first-order valence-corrected chi connectivity index (χ1v) is 5.55. The summed E-state index contributed by atoms with van der Waals surface area (Å²) in [5.74, 6) is -0.00165. The zero-order valence-corrected chi connectivity index (χ0v) is 9.90. The Kier molecular flexibility index (Phi) is 3.66. The topological polar surface area (TPSA) is 70.7 Å². The number of carbonyl (C=O) groups is 1. The molecule has 0 aliphatic carbocycles. The highest BCUT2D eigenvalue weighted by molar-refractivity contribution is 5.94. The van der Waals surface area contributed by atoms with E-state index in [1.54, 1.807) is 13.0 Å². The van der Waals surface area contributed by atoms with Gasteiger partial charge in [-0.3, -0.25) is 9.89 Å². The Morgan fingerprint density at radius 1 is 1.44 bits per heavy atom. The first-order valence-electron chi connectivity index (χ1n) is 5.55. The van der Waals surface area contributed by atoms with Crippen LogP contribution in [0.1, 0.15) is 21.7 Å². The molecule has 0 saturated heterocycles. The monoisotopic (exact) mass is 248 g/mol. The molecule has 0 aliphatic heterocycles. The van der Waals surface area contributed by atoms with E-state index in [0.717, 1.165) is 5.56 Å². The molecule has 0 saturated carbocycles. The van der Waals surface area contributed by atoms with Crippen LogP contribution in [0, 0.1) is 12.7 Å². The molecule has 1 amide bonds. The summed E-state index contributed by atoms with van der Waals surface area (Å²) in [6.07, 6.45) is 1.97. The van der Waals surface area contributed by atoms with Crippen LogP contribution < -0.4 is 5.32 Å². The molecule has 0 bridgehead atoms. The number of hydrogen-bond donors (Lipinski definition) is 2. The molecule has 6 heteroatoms. The van der Waals surface area contributed by atoms with E-state index in [-0.39, 0.29) is 5.91 Å². The van der Waals surface area contributed by atoms with Crippen molar-refractivity contribution in [3.05, 3.63) is 47.3 Å². The largest absolute Gasteiger partial charge is 0.352 e. The summed E-state index contributed by atoms with van der Waals surface area (Å²) in [4.78, 5) is 15.7. The predicted molar refractivity (Wildman–Crippen MR) is 63.6 cm³/mol. The first-order chi connectivity index (χ1) is 8.65. The van der Waals surface area contributed by atoms with Crippen LogP contribution in [0.5, 0.6) is 0 Å². The van der Waals surface area contributed by atoms with Crippen molar-refractivity contribution in [3.8, 4) is 0 Å². The first kappa shape index (κ1) is 12.2. The fourth-order valence-electron chi connectivity index (χ4n) is 1.62. The van der Waals surface area contributed by atoms with Crippen LogP contribution >= 0.6 is 0 Å². The van der Waals surface area contributed by atoms with E-state index < -0.39 is 5.82 Å². The molecule has 0 fully saturated rings. The van der Waals surface area contributed by atoms with Crippen molar-refractivity contribution in [2.45, 2.75) is 13.3 Å². The average molecular weight is 248 g/mol. The smallest absolute Gasteiger partial charge is 0.251 e. The molecule has 0 radical (unpaired) electrons. The number of H-pyrrole nitrogens is 1. The molecule has 0 unspecified atom stereocenters. The summed E-state index contributed by atoms with van der Waals surface area (Å²) in [5, 5.41) is 9.10. The fraction of sp³-hybridized carbons (Fsp3) is 0.250. The van der Waals surface area contributed by atoms with Gasteiger partial charge in [-0.25, -0.2) is 9.37 Å². The van der Waals surface area contributed by atoms with E-state index in [2.05, 4.69) is 20.5 Å². The molecule has 5 nitrogen and oxygen atoms in total. The van der Waals surface area contributed by atoms with Crippen molar-refractivity contribution in [3.63, 3.8) is 0 Å². The second-order valence-corrected chi connectivity index (χ2v) is 3.96. The third-order valence-corrected chi connectivity index (χ3v) is 2.42. The van der Waals surface area contributed by atoms with Crippen molar-refractivity contribution < 1.29 is 9.18 Å². The zero-order valence-electron chi connectivity index (χ0n) is 9.90. The summed E-state index contributed by atoms with van der Waals surface area (Å²) in [6.45, 7) is 2.16. The van der Waals surface area contributed by atoms with Crippen LogP contribution in [-0.2, 0) is 6.42 Å². The molecule has 2 aromatic rings. The van der Waals surface area contributed by atoms with Gasteiger partial charge in [0.1, 0.15) is 18.0 Å². The van der Waals surface area contributed by atoms with Crippen LogP contribution in [0.3, 0.4) is 0 Å². The molecule has 1 heterocycles. The number of aryl methyl sites for hydroxylation is 1. The molecule has 1 aromatic heterocycles. The van der Waals surface area contributed by atoms with E-state index in [0.29, 0.717) is 24.4 Å². The van der Waals surface area contributed by atoms with Gasteiger partial charge >= 0.3 is 0 Å². The molecular weight excluding hydrogens is 235 g/mol. The van der Waals surface area contributed by atoms with Crippen LogP contribution in [0.2, 0.25) is 0 Å². The predicted octanol–water partition coefficient (Wildman–Crippen LogP) is 1.22. The molecule has 1 aromatic carbocycles. The lowest BCUT2D eigenvalue weighted by atomic mass is 10.1. The summed E-state index contributed by atoms with van der Waals surface area (Å²) in [7, 11) is 0. The molecule has 94 valence electrons. The van der Waals surface area contributed by atoms with Gasteiger partial charge in [-0.05, 0) is 30.7 Å². The minimum atomic E-state index is -0.407. The van der Waals surface area contributed by atoms with E-state index in [1.165, 1.54) is 18.5 Å². The highest BCUT2D eigenvalue weighted by atomic mass is 19.1. The lowest BCUT2D eigenvalue weighted by Gasteiger charge is -2.05. The summed E-state index contributed by atoms with van der Waals surface area (Å²) < 4.78 is 13.1. The Balaban J connectivity index is 1.91. The molecule has 0 aliphatic rings. The van der Waals surface area contributed by atoms with Gasteiger partial charge in [-0.1, -0.05) is 0 Å². The molecule has 2 rings (SSSR count). The van der Waals surface area contributed by atoms with E-state index in [1.807, 2.05) is 0 Å². The van der Waals surface area contributed by atoms with Gasteiger partial charge in [0.25, 0.3) is 5.91 Å². The minimum absolute atomic E-state index is 0.294. The second kappa shape index (κ2) is 5.39. The van der Waals surface area contributed by atoms with Crippen molar-refractivity contribution in [2.75, 3.05) is 6.54 Å². The fourth-order valence-corrected chi connectivity index (χ4v) is 1.62. The number of benzene rings is 1. The number of amides is 1. The lowest BCUT2D eigenvalue weighted by molar-refractivity contribution is 0.0953. The van der Waals surface area contributed by atoms with Crippen molar-refractivity contribution in [1.82, 2.24) is 20.5 Å². The third kappa shape index (κ3) is 3.13. The van der Waals surface area contributed by atoms with Crippen LogP contribution in [0.4, 0.5) is 4.39 Å². The highest BCUT2D eigenvalue weighted by Crippen LogP contribution is 2.08. The molecule has 18 heavy (non-hydrogen) atoms. The number of halogens is 1. The number of aromatic amines is 1. The van der Waals surface area contributed by atoms with Crippen LogP contribution in [0.25, 0.3) is 0 Å². The van der Waals surface area contributed by atoms with Gasteiger partial charge in [-0.15, -0.1) is 0 Å². The minimum Gasteiger partial charge on any atom is -0.352 e. The van der Waals surface area contributed by atoms with Crippen LogP contribution in [-0.4, -0.2) is 27.6 Å². The Hall–Kier alpha value is -2.24. The number of nitrogens with one attached hydrogen (secondary N) is 2. The summed E-state index contributed by atoms with van der Waals surface area (Å²) >= 11 is 0.